The van der Waals surface area contributed by atoms with Gasteiger partial charge < -0.3 is 9.47 Å². The highest BCUT2D eigenvalue weighted by Gasteiger charge is 2.02. The van der Waals surface area contributed by atoms with E-state index in [0.717, 1.165) is 11.3 Å². The third-order valence-electron chi connectivity index (χ3n) is 1.53. The molecule has 0 amide bonds. The molecule has 0 aromatic heterocycles. The average Bonchev–Trinajstić information content (AvgIpc) is 2.08. The SMILES string of the molecule is COc1cc(C)ccc1OCCl. The van der Waals surface area contributed by atoms with E-state index in [1.807, 2.05) is 25.1 Å². The fourth-order valence-electron chi connectivity index (χ4n) is 0.953. The Bertz CT molecular complexity index is 261. The topological polar surface area (TPSA) is 18.5 Å². The van der Waals surface area contributed by atoms with Gasteiger partial charge in [-0.15, -0.1) is 0 Å². The molecule has 0 bridgehead atoms. The molecule has 0 saturated carbocycles. The molecule has 0 aliphatic carbocycles. The van der Waals surface area contributed by atoms with Gasteiger partial charge in [-0.05, 0) is 24.6 Å². The Balaban J connectivity index is 2.94. The number of halogens is 1. The monoisotopic (exact) mass is 186 g/mol. The van der Waals surface area contributed by atoms with Crippen LogP contribution in [0.15, 0.2) is 18.2 Å². The molecule has 12 heavy (non-hydrogen) atoms. The van der Waals surface area contributed by atoms with Crippen LogP contribution >= 0.6 is 11.6 Å². The van der Waals surface area contributed by atoms with Crippen molar-refractivity contribution >= 4 is 11.6 Å². The fraction of sp³-hybridized carbons (Fsp3) is 0.333. The summed E-state index contributed by atoms with van der Waals surface area (Å²) in [5.41, 5.74) is 1.13. The number of alkyl halides is 1. The summed E-state index contributed by atoms with van der Waals surface area (Å²) < 4.78 is 10.2. The number of hydrogen-bond acceptors (Lipinski definition) is 2. The fourth-order valence-corrected chi connectivity index (χ4v) is 1.07. The van der Waals surface area contributed by atoms with Crippen molar-refractivity contribution in [2.45, 2.75) is 6.92 Å². The van der Waals surface area contributed by atoms with E-state index in [1.54, 1.807) is 7.11 Å². The molecule has 2 nitrogen and oxygen atoms in total. The normalized spacial score (nSPS) is 9.58. The summed E-state index contributed by atoms with van der Waals surface area (Å²) in [5.74, 6) is 1.40. The molecule has 0 saturated heterocycles. The molecule has 1 aromatic rings. The Morgan fingerprint density at radius 3 is 2.67 bits per heavy atom. The van der Waals surface area contributed by atoms with Crippen molar-refractivity contribution in [3.8, 4) is 11.5 Å². The number of rotatable bonds is 3. The maximum absolute atomic E-state index is 5.43. The molecular weight excluding hydrogens is 176 g/mol. The predicted molar refractivity (Wildman–Crippen MR) is 49.1 cm³/mol. The molecule has 0 heterocycles. The van der Waals surface area contributed by atoms with Crippen LogP contribution in [-0.4, -0.2) is 13.2 Å². The minimum Gasteiger partial charge on any atom is -0.493 e. The van der Waals surface area contributed by atoms with Crippen molar-refractivity contribution < 1.29 is 9.47 Å². The van der Waals surface area contributed by atoms with E-state index in [0.29, 0.717) is 5.75 Å². The molecule has 1 rings (SSSR count). The van der Waals surface area contributed by atoms with Crippen molar-refractivity contribution in [2.75, 3.05) is 13.2 Å². The summed E-state index contributed by atoms with van der Waals surface area (Å²) in [4.78, 5) is 0. The highest BCUT2D eigenvalue weighted by Crippen LogP contribution is 2.27. The van der Waals surface area contributed by atoms with E-state index < -0.39 is 0 Å². The van der Waals surface area contributed by atoms with E-state index >= 15 is 0 Å². The van der Waals surface area contributed by atoms with Gasteiger partial charge >= 0.3 is 0 Å². The number of ether oxygens (including phenoxy) is 2. The van der Waals surface area contributed by atoms with Crippen LogP contribution in [0, 0.1) is 6.92 Å². The van der Waals surface area contributed by atoms with E-state index in [9.17, 15) is 0 Å². The smallest absolute Gasteiger partial charge is 0.163 e. The largest absolute Gasteiger partial charge is 0.493 e. The van der Waals surface area contributed by atoms with E-state index in [-0.39, 0.29) is 6.07 Å². The first-order valence-corrected chi connectivity index (χ1v) is 4.14. The number of benzene rings is 1. The quantitative estimate of drug-likeness (QED) is 0.676. The molecule has 1 aromatic carbocycles. The van der Waals surface area contributed by atoms with Crippen LogP contribution in [-0.2, 0) is 0 Å². The van der Waals surface area contributed by atoms with Crippen LogP contribution in [0.25, 0.3) is 0 Å². The first-order chi connectivity index (χ1) is 5.77. The van der Waals surface area contributed by atoms with Crippen LogP contribution < -0.4 is 9.47 Å². The van der Waals surface area contributed by atoms with Crippen LogP contribution in [0.5, 0.6) is 11.5 Å². The first kappa shape index (κ1) is 9.20. The molecular formula is C9H11ClO2. The zero-order chi connectivity index (χ0) is 8.97. The van der Waals surface area contributed by atoms with E-state index in [1.165, 1.54) is 0 Å². The first-order valence-electron chi connectivity index (χ1n) is 3.61. The maximum atomic E-state index is 5.43. The minimum atomic E-state index is 0.138. The summed E-state index contributed by atoms with van der Waals surface area (Å²) in [7, 11) is 1.61. The lowest BCUT2D eigenvalue weighted by Gasteiger charge is -2.08. The number of hydrogen-bond donors (Lipinski definition) is 0. The van der Waals surface area contributed by atoms with Crippen molar-refractivity contribution in [3.63, 3.8) is 0 Å². The Morgan fingerprint density at radius 1 is 1.33 bits per heavy atom. The van der Waals surface area contributed by atoms with Gasteiger partial charge in [0.05, 0.1) is 7.11 Å². The van der Waals surface area contributed by atoms with Crippen LogP contribution in [0.2, 0.25) is 0 Å². The van der Waals surface area contributed by atoms with Crippen molar-refractivity contribution in [1.82, 2.24) is 0 Å². The van der Waals surface area contributed by atoms with Gasteiger partial charge in [0.1, 0.15) is 0 Å². The predicted octanol–water partition coefficient (Wildman–Crippen LogP) is 2.58. The lowest BCUT2D eigenvalue weighted by atomic mass is 10.2. The van der Waals surface area contributed by atoms with Gasteiger partial charge in [-0.3, -0.25) is 0 Å². The molecule has 0 fully saturated rings. The lowest BCUT2D eigenvalue weighted by molar-refractivity contribution is 0.341. The summed E-state index contributed by atoms with van der Waals surface area (Å²) in [6.45, 7) is 1.99. The molecule has 66 valence electrons. The second-order valence-electron chi connectivity index (χ2n) is 2.41. The summed E-state index contributed by atoms with van der Waals surface area (Å²) in [6, 6.07) is 5.84. The summed E-state index contributed by atoms with van der Waals surface area (Å²) in [5, 5.41) is 0. The molecule has 0 aliphatic rings. The molecule has 0 atom stereocenters. The zero-order valence-electron chi connectivity index (χ0n) is 7.13. The highest BCUT2D eigenvalue weighted by atomic mass is 35.5. The van der Waals surface area contributed by atoms with E-state index in [2.05, 4.69) is 0 Å². The van der Waals surface area contributed by atoms with Gasteiger partial charge in [0.25, 0.3) is 0 Å². The van der Waals surface area contributed by atoms with Gasteiger partial charge in [0.2, 0.25) is 0 Å². The van der Waals surface area contributed by atoms with Crippen LogP contribution in [0.1, 0.15) is 5.56 Å². The second kappa shape index (κ2) is 4.21. The van der Waals surface area contributed by atoms with Gasteiger partial charge in [-0.25, -0.2) is 0 Å². The van der Waals surface area contributed by atoms with E-state index in [4.69, 9.17) is 21.1 Å². The third kappa shape index (κ3) is 2.05. The highest BCUT2D eigenvalue weighted by molar-refractivity contribution is 6.17. The number of aryl methyl sites for hydroxylation is 1. The summed E-state index contributed by atoms with van der Waals surface area (Å²) >= 11 is 5.43. The maximum Gasteiger partial charge on any atom is 0.163 e. The minimum absolute atomic E-state index is 0.138. The Labute approximate surface area is 77.1 Å². The Morgan fingerprint density at radius 2 is 2.08 bits per heavy atom. The van der Waals surface area contributed by atoms with Crippen molar-refractivity contribution in [2.24, 2.45) is 0 Å². The molecule has 0 radical (unpaired) electrons. The Kier molecular flexibility index (Phi) is 3.23. The van der Waals surface area contributed by atoms with Crippen molar-refractivity contribution in [1.29, 1.82) is 0 Å². The number of methoxy groups -OCH3 is 1. The van der Waals surface area contributed by atoms with Crippen LogP contribution in [0.4, 0.5) is 0 Å². The molecule has 0 spiro atoms. The Hall–Kier alpha value is -0.890. The molecule has 3 heteroatoms. The summed E-state index contributed by atoms with van der Waals surface area (Å²) in [6.07, 6.45) is 0. The second-order valence-corrected chi connectivity index (χ2v) is 2.63. The van der Waals surface area contributed by atoms with Crippen LogP contribution in [0.3, 0.4) is 0 Å². The molecule has 0 aliphatic heterocycles. The zero-order valence-corrected chi connectivity index (χ0v) is 7.89. The van der Waals surface area contributed by atoms with Gasteiger partial charge in [-0.1, -0.05) is 17.7 Å². The third-order valence-corrected chi connectivity index (χ3v) is 1.64. The van der Waals surface area contributed by atoms with Crippen molar-refractivity contribution in [3.05, 3.63) is 23.8 Å². The molecule has 0 unspecified atom stereocenters. The standard InChI is InChI=1S/C9H11ClO2/c1-7-3-4-8(12-6-10)9(5-7)11-2/h3-5H,6H2,1-2H3. The molecule has 0 N–H and O–H groups in total. The van der Waals surface area contributed by atoms with Gasteiger partial charge in [-0.2, -0.15) is 0 Å². The van der Waals surface area contributed by atoms with Gasteiger partial charge in [0.15, 0.2) is 17.6 Å². The average molecular weight is 187 g/mol. The van der Waals surface area contributed by atoms with Gasteiger partial charge in [0, 0.05) is 0 Å². The lowest BCUT2D eigenvalue weighted by Crippen LogP contribution is -1.93.